The normalized spacial score (nSPS) is 16.8. The molecule has 1 aromatic carbocycles. The monoisotopic (exact) mass is 326 g/mol. The zero-order valence-corrected chi connectivity index (χ0v) is 13.8. The maximum atomic E-state index is 12.1. The first-order valence-electron chi connectivity index (χ1n) is 8.32. The molecule has 1 saturated heterocycles. The summed E-state index contributed by atoms with van der Waals surface area (Å²) < 4.78 is 5.48. The number of carbonyl (C=O) groups excluding carboxylic acids is 1. The van der Waals surface area contributed by atoms with Crippen LogP contribution in [0.25, 0.3) is 0 Å². The van der Waals surface area contributed by atoms with Crippen molar-refractivity contribution in [2.24, 2.45) is 0 Å². The number of nitrogens with one attached hydrogen (secondary N) is 2. The van der Waals surface area contributed by atoms with Crippen molar-refractivity contribution in [2.75, 3.05) is 18.5 Å². The molecule has 126 valence electrons. The lowest BCUT2D eigenvalue weighted by molar-refractivity contribution is 0.0853. The Kier molecular flexibility index (Phi) is 5.38. The van der Waals surface area contributed by atoms with Gasteiger partial charge in [0.25, 0.3) is 5.91 Å². The second-order valence-electron chi connectivity index (χ2n) is 5.81. The van der Waals surface area contributed by atoms with Gasteiger partial charge in [-0.05, 0) is 37.0 Å². The number of aromatic nitrogens is 2. The second kappa shape index (κ2) is 7.88. The van der Waals surface area contributed by atoms with Gasteiger partial charge in [0.15, 0.2) is 0 Å². The number of hydrogen-bond donors (Lipinski definition) is 2. The Morgan fingerprint density at radius 2 is 2.08 bits per heavy atom. The Labute approximate surface area is 141 Å². The predicted molar refractivity (Wildman–Crippen MR) is 92.4 cm³/mol. The van der Waals surface area contributed by atoms with Crippen molar-refractivity contribution in [3.05, 3.63) is 47.9 Å². The molecule has 0 radical (unpaired) electrons. The largest absolute Gasteiger partial charge is 0.376 e. The SMILES string of the molecule is CCc1ccc(Nc2cnc(C(=O)NCC3CCCO3)cn2)cc1. The molecule has 0 saturated carbocycles. The summed E-state index contributed by atoms with van der Waals surface area (Å²) in [4.78, 5) is 20.5. The molecule has 2 aromatic rings. The van der Waals surface area contributed by atoms with E-state index in [2.05, 4.69) is 39.7 Å². The van der Waals surface area contributed by atoms with Gasteiger partial charge in [0.2, 0.25) is 0 Å². The molecule has 1 aromatic heterocycles. The molecule has 1 atom stereocenters. The smallest absolute Gasteiger partial charge is 0.271 e. The van der Waals surface area contributed by atoms with Crippen LogP contribution >= 0.6 is 0 Å². The van der Waals surface area contributed by atoms with E-state index in [9.17, 15) is 4.79 Å². The second-order valence-corrected chi connectivity index (χ2v) is 5.81. The predicted octanol–water partition coefficient (Wildman–Crippen LogP) is 2.69. The number of hydrogen-bond acceptors (Lipinski definition) is 5. The summed E-state index contributed by atoms with van der Waals surface area (Å²) in [5, 5.41) is 6.01. The van der Waals surface area contributed by atoms with E-state index in [0.29, 0.717) is 18.1 Å². The van der Waals surface area contributed by atoms with E-state index in [1.807, 2.05) is 12.1 Å². The van der Waals surface area contributed by atoms with Crippen LogP contribution in [-0.4, -0.2) is 35.1 Å². The lowest BCUT2D eigenvalue weighted by Gasteiger charge is -2.10. The average molecular weight is 326 g/mol. The topological polar surface area (TPSA) is 76.1 Å². The van der Waals surface area contributed by atoms with E-state index in [1.165, 1.54) is 11.8 Å². The van der Waals surface area contributed by atoms with Crippen LogP contribution in [0.1, 0.15) is 35.8 Å². The molecule has 1 unspecified atom stereocenters. The highest BCUT2D eigenvalue weighted by Crippen LogP contribution is 2.15. The van der Waals surface area contributed by atoms with Crippen LogP contribution in [0.3, 0.4) is 0 Å². The third-order valence-corrected chi connectivity index (χ3v) is 4.03. The van der Waals surface area contributed by atoms with E-state index >= 15 is 0 Å². The molecule has 24 heavy (non-hydrogen) atoms. The first-order chi connectivity index (χ1) is 11.7. The standard InChI is InChI=1S/C18H22N4O2/c1-2-13-5-7-14(8-6-13)22-17-12-19-16(11-20-17)18(23)21-10-15-4-3-9-24-15/h5-8,11-12,15H,2-4,9-10H2,1H3,(H,20,22)(H,21,23). The van der Waals surface area contributed by atoms with Gasteiger partial charge in [0, 0.05) is 18.8 Å². The third-order valence-electron chi connectivity index (χ3n) is 4.03. The highest BCUT2D eigenvalue weighted by Gasteiger charge is 2.17. The minimum absolute atomic E-state index is 0.119. The number of anilines is 2. The Hall–Kier alpha value is -2.47. The minimum Gasteiger partial charge on any atom is -0.376 e. The summed E-state index contributed by atoms with van der Waals surface area (Å²) in [6, 6.07) is 8.15. The van der Waals surface area contributed by atoms with E-state index in [-0.39, 0.29) is 12.0 Å². The summed E-state index contributed by atoms with van der Waals surface area (Å²) in [6.45, 7) is 3.42. The van der Waals surface area contributed by atoms with E-state index < -0.39 is 0 Å². The van der Waals surface area contributed by atoms with Gasteiger partial charge >= 0.3 is 0 Å². The average Bonchev–Trinajstić information content (AvgIpc) is 3.14. The highest BCUT2D eigenvalue weighted by atomic mass is 16.5. The lowest BCUT2D eigenvalue weighted by Crippen LogP contribution is -2.32. The number of amides is 1. The zero-order chi connectivity index (χ0) is 16.8. The summed E-state index contributed by atoms with van der Waals surface area (Å²) in [7, 11) is 0. The quantitative estimate of drug-likeness (QED) is 0.853. The van der Waals surface area contributed by atoms with Crippen molar-refractivity contribution in [2.45, 2.75) is 32.3 Å². The van der Waals surface area contributed by atoms with Crippen molar-refractivity contribution < 1.29 is 9.53 Å². The molecule has 1 aliphatic heterocycles. The maximum absolute atomic E-state index is 12.1. The summed E-state index contributed by atoms with van der Waals surface area (Å²) in [5.41, 5.74) is 2.53. The number of aryl methyl sites for hydroxylation is 1. The van der Waals surface area contributed by atoms with E-state index in [1.54, 1.807) is 6.20 Å². The summed E-state index contributed by atoms with van der Waals surface area (Å²) >= 11 is 0. The molecule has 3 rings (SSSR count). The van der Waals surface area contributed by atoms with Crippen molar-refractivity contribution in [1.29, 1.82) is 0 Å². The van der Waals surface area contributed by atoms with Crippen LogP contribution in [0.2, 0.25) is 0 Å². The fraction of sp³-hybridized carbons (Fsp3) is 0.389. The first kappa shape index (κ1) is 16.4. The number of carbonyl (C=O) groups is 1. The van der Waals surface area contributed by atoms with Gasteiger partial charge in [-0.15, -0.1) is 0 Å². The Morgan fingerprint density at radius 1 is 1.25 bits per heavy atom. The van der Waals surface area contributed by atoms with Gasteiger partial charge in [-0.3, -0.25) is 4.79 Å². The molecule has 6 heteroatoms. The molecule has 1 fully saturated rings. The highest BCUT2D eigenvalue weighted by molar-refractivity contribution is 5.92. The fourth-order valence-electron chi connectivity index (χ4n) is 2.58. The van der Waals surface area contributed by atoms with Gasteiger partial charge in [-0.25, -0.2) is 9.97 Å². The third kappa shape index (κ3) is 4.29. The molecule has 2 N–H and O–H groups in total. The Morgan fingerprint density at radius 3 is 2.71 bits per heavy atom. The molecule has 6 nitrogen and oxygen atoms in total. The lowest BCUT2D eigenvalue weighted by atomic mass is 10.1. The van der Waals surface area contributed by atoms with Crippen LogP contribution in [-0.2, 0) is 11.2 Å². The summed E-state index contributed by atoms with van der Waals surface area (Å²) in [6.07, 6.45) is 6.22. The van der Waals surface area contributed by atoms with Gasteiger partial charge in [-0.2, -0.15) is 0 Å². The van der Waals surface area contributed by atoms with Crippen molar-refractivity contribution in [3.8, 4) is 0 Å². The molecule has 0 bridgehead atoms. The Bertz CT molecular complexity index is 664. The van der Waals surface area contributed by atoms with Crippen LogP contribution in [0.4, 0.5) is 11.5 Å². The van der Waals surface area contributed by atoms with Gasteiger partial charge in [0.05, 0.1) is 18.5 Å². The van der Waals surface area contributed by atoms with Crippen LogP contribution in [0, 0.1) is 0 Å². The van der Waals surface area contributed by atoms with Crippen LogP contribution in [0.15, 0.2) is 36.7 Å². The van der Waals surface area contributed by atoms with Crippen molar-refractivity contribution in [3.63, 3.8) is 0 Å². The number of ether oxygens (including phenoxy) is 1. The van der Waals surface area contributed by atoms with Gasteiger partial charge in [0.1, 0.15) is 11.5 Å². The molecule has 0 aliphatic carbocycles. The zero-order valence-electron chi connectivity index (χ0n) is 13.8. The molecular formula is C18H22N4O2. The molecule has 1 amide bonds. The van der Waals surface area contributed by atoms with Gasteiger partial charge < -0.3 is 15.4 Å². The first-order valence-corrected chi connectivity index (χ1v) is 8.32. The minimum atomic E-state index is -0.225. The van der Waals surface area contributed by atoms with Crippen LogP contribution < -0.4 is 10.6 Å². The number of rotatable bonds is 6. The maximum Gasteiger partial charge on any atom is 0.271 e. The van der Waals surface area contributed by atoms with Crippen LogP contribution in [0.5, 0.6) is 0 Å². The molecule has 2 heterocycles. The van der Waals surface area contributed by atoms with Crippen molar-refractivity contribution >= 4 is 17.4 Å². The molecule has 0 spiro atoms. The molecular weight excluding hydrogens is 304 g/mol. The van der Waals surface area contributed by atoms with Gasteiger partial charge in [-0.1, -0.05) is 19.1 Å². The van der Waals surface area contributed by atoms with E-state index in [0.717, 1.165) is 31.6 Å². The fourth-order valence-corrected chi connectivity index (χ4v) is 2.58. The van der Waals surface area contributed by atoms with E-state index in [4.69, 9.17) is 4.74 Å². The molecule has 1 aliphatic rings. The number of benzene rings is 1. The Balaban J connectivity index is 1.54. The van der Waals surface area contributed by atoms with Crippen molar-refractivity contribution in [1.82, 2.24) is 15.3 Å². The summed E-state index contributed by atoms with van der Waals surface area (Å²) in [5.74, 6) is 0.381. The number of nitrogens with zero attached hydrogens (tertiary/aromatic N) is 2.